The van der Waals surface area contributed by atoms with Crippen molar-refractivity contribution in [2.75, 3.05) is 20.1 Å². The van der Waals surface area contributed by atoms with Crippen LogP contribution in [-0.2, 0) is 13.6 Å². The molecule has 0 aliphatic rings. The van der Waals surface area contributed by atoms with Crippen molar-refractivity contribution < 1.29 is 5.11 Å². The number of hydrogen-bond donors (Lipinski definition) is 2. The van der Waals surface area contributed by atoms with Crippen LogP contribution in [0, 0.1) is 0 Å². The van der Waals surface area contributed by atoms with Crippen molar-refractivity contribution in [1.29, 1.82) is 0 Å². The van der Waals surface area contributed by atoms with Gasteiger partial charge in [0, 0.05) is 32.5 Å². The van der Waals surface area contributed by atoms with Gasteiger partial charge in [-0.2, -0.15) is 0 Å². The molecule has 5 nitrogen and oxygen atoms in total. The highest BCUT2D eigenvalue weighted by atomic mass is 127. The van der Waals surface area contributed by atoms with Gasteiger partial charge in [-0.25, -0.2) is 0 Å². The smallest absolute Gasteiger partial charge is 0.194 e. The third-order valence-electron chi connectivity index (χ3n) is 4.01. The third-order valence-corrected chi connectivity index (χ3v) is 4.22. The second kappa shape index (κ2) is 10.4. The lowest BCUT2D eigenvalue weighted by Crippen LogP contribution is -2.40. The lowest BCUT2D eigenvalue weighted by atomic mass is 9.98. The van der Waals surface area contributed by atoms with Gasteiger partial charge in [0.05, 0.1) is 23.7 Å². The summed E-state index contributed by atoms with van der Waals surface area (Å²) >= 11 is 6.03. The molecule has 0 radical (unpaired) electrons. The van der Waals surface area contributed by atoms with E-state index in [0.717, 1.165) is 23.2 Å². The van der Waals surface area contributed by atoms with Gasteiger partial charge >= 0.3 is 0 Å². The van der Waals surface area contributed by atoms with E-state index in [4.69, 9.17) is 11.6 Å². The van der Waals surface area contributed by atoms with Crippen LogP contribution in [0.3, 0.4) is 0 Å². The van der Waals surface area contributed by atoms with Gasteiger partial charge in [0.15, 0.2) is 5.96 Å². The summed E-state index contributed by atoms with van der Waals surface area (Å²) in [5.74, 6) is 0.792. The molecule has 1 rings (SSSR count). The molecule has 0 amide bonds. The molecule has 0 aliphatic heterocycles. The highest BCUT2D eigenvalue weighted by Crippen LogP contribution is 2.16. The van der Waals surface area contributed by atoms with Gasteiger partial charge in [0.25, 0.3) is 0 Å². The Morgan fingerprint density at radius 2 is 2.00 bits per heavy atom. The van der Waals surface area contributed by atoms with E-state index in [1.54, 1.807) is 0 Å². The number of aliphatic hydroxyl groups is 1. The van der Waals surface area contributed by atoms with Crippen molar-refractivity contribution in [3.63, 3.8) is 0 Å². The topological polar surface area (TPSA) is 52.8 Å². The number of hydrogen-bond acceptors (Lipinski definition) is 2. The average molecular weight is 457 g/mol. The number of aromatic nitrogens is 1. The number of halogens is 2. The zero-order chi connectivity index (χ0) is 16.8. The summed E-state index contributed by atoms with van der Waals surface area (Å²) in [6.07, 6.45) is 3.29. The summed E-state index contributed by atoms with van der Waals surface area (Å²) in [6.45, 7) is 7.90. The Bertz CT molecular complexity index is 500. The van der Waals surface area contributed by atoms with Crippen molar-refractivity contribution in [2.24, 2.45) is 12.0 Å². The predicted octanol–water partition coefficient (Wildman–Crippen LogP) is 3.24. The minimum atomic E-state index is -0.726. The monoisotopic (exact) mass is 456 g/mol. The maximum Gasteiger partial charge on any atom is 0.194 e. The molecular weight excluding hydrogens is 427 g/mol. The Kier molecular flexibility index (Phi) is 10.2. The normalized spacial score (nSPS) is 12.0. The van der Waals surface area contributed by atoms with Crippen molar-refractivity contribution in [3.8, 4) is 0 Å². The van der Waals surface area contributed by atoms with Crippen LogP contribution in [0.2, 0.25) is 5.02 Å². The quantitative estimate of drug-likeness (QED) is 0.376. The van der Waals surface area contributed by atoms with Gasteiger partial charge in [-0.15, -0.1) is 24.0 Å². The van der Waals surface area contributed by atoms with Crippen LogP contribution < -0.4 is 5.32 Å². The van der Waals surface area contributed by atoms with Crippen LogP contribution >= 0.6 is 35.6 Å². The lowest BCUT2D eigenvalue weighted by molar-refractivity contribution is 0.0416. The first kappa shape index (κ1) is 22.5. The SMILES string of the molecule is CCNC(=NCC(O)(CC)CC)N(C)Cc1cc(Cl)cn1C.I. The highest BCUT2D eigenvalue weighted by Gasteiger charge is 2.22. The van der Waals surface area contributed by atoms with Crippen molar-refractivity contribution in [3.05, 3.63) is 23.0 Å². The fourth-order valence-corrected chi connectivity index (χ4v) is 2.48. The van der Waals surface area contributed by atoms with Crippen molar-refractivity contribution in [1.82, 2.24) is 14.8 Å². The highest BCUT2D eigenvalue weighted by molar-refractivity contribution is 14.0. The molecule has 0 atom stereocenters. The number of guanidine groups is 1. The van der Waals surface area contributed by atoms with Gasteiger partial charge in [-0.3, -0.25) is 4.99 Å². The minimum Gasteiger partial charge on any atom is -0.388 e. The van der Waals surface area contributed by atoms with E-state index in [1.807, 2.05) is 56.6 Å². The molecule has 0 bridgehead atoms. The fourth-order valence-electron chi connectivity index (χ4n) is 2.21. The van der Waals surface area contributed by atoms with Crippen LogP contribution in [-0.4, -0.2) is 46.3 Å². The summed E-state index contributed by atoms with van der Waals surface area (Å²) < 4.78 is 2.01. The Hall–Kier alpha value is -0.470. The number of nitrogens with zero attached hydrogens (tertiary/aromatic N) is 3. The molecule has 0 saturated carbocycles. The zero-order valence-electron chi connectivity index (χ0n) is 14.8. The summed E-state index contributed by atoms with van der Waals surface area (Å²) in [5.41, 5.74) is 0.384. The van der Waals surface area contributed by atoms with E-state index >= 15 is 0 Å². The largest absolute Gasteiger partial charge is 0.388 e. The van der Waals surface area contributed by atoms with Gasteiger partial charge in [0.2, 0.25) is 0 Å². The third kappa shape index (κ3) is 6.89. The molecule has 2 N–H and O–H groups in total. The van der Waals surface area contributed by atoms with Crippen LogP contribution in [0.25, 0.3) is 0 Å². The second-order valence-corrected chi connectivity index (χ2v) is 6.15. The molecule has 0 spiro atoms. The van der Waals surface area contributed by atoms with Crippen molar-refractivity contribution >= 4 is 41.5 Å². The first-order valence-corrected chi connectivity index (χ1v) is 8.25. The molecule has 1 aromatic heterocycles. The molecular formula is C16H30ClIN4O. The molecule has 0 aliphatic carbocycles. The van der Waals surface area contributed by atoms with E-state index in [9.17, 15) is 5.11 Å². The maximum absolute atomic E-state index is 10.4. The van der Waals surface area contributed by atoms with Gasteiger partial charge < -0.3 is 19.9 Å². The van der Waals surface area contributed by atoms with Gasteiger partial charge in [-0.1, -0.05) is 25.4 Å². The second-order valence-electron chi connectivity index (χ2n) is 5.72. The molecule has 7 heteroatoms. The number of rotatable bonds is 7. The number of aliphatic imine (C=N–C) groups is 1. The summed E-state index contributed by atoms with van der Waals surface area (Å²) in [5, 5.41) is 14.4. The Labute approximate surface area is 162 Å². The van der Waals surface area contributed by atoms with Gasteiger partial charge in [0.1, 0.15) is 0 Å². The number of nitrogens with one attached hydrogen (secondary N) is 1. The maximum atomic E-state index is 10.4. The molecule has 0 fully saturated rings. The van der Waals surface area contributed by atoms with Crippen LogP contribution in [0.1, 0.15) is 39.3 Å². The van der Waals surface area contributed by atoms with E-state index in [-0.39, 0.29) is 24.0 Å². The fraction of sp³-hybridized carbons (Fsp3) is 0.688. The zero-order valence-corrected chi connectivity index (χ0v) is 17.9. The minimum absolute atomic E-state index is 0. The molecule has 134 valence electrons. The average Bonchev–Trinajstić information content (AvgIpc) is 2.80. The summed E-state index contributed by atoms with van der Waals surface area (Å²) in [7, 11) is 3.96. The number of aryl methyl sites for hydroxylation is 1. The first-order valence-electron chi connectivity index (χ1n) is 7.87. The Balaban J connectivity index is 0.00000484. The van der Waals surface area contributed by atoms with E-state index in [0.29, 0.717) is 25.9 Å². The van der Waals surface area contributed by atoms with E-state index in [2.05, 4.69) is 10.3 Å². The Morgan fingerprint density at radius 3 is 2.43 bits per heavy atom. The van der Waals surface area contributed by atoms with Gasteiger partial charge in [-0.05, 0) is 25.8 Å². The first-order chi connectivity index (χ1) is 10.3. The molecule has 0 saturated heterocycles. The van der Waals surface area contributed by atoms with E-state index in [1.165, 1.54) is 0 Å². The molecule has 1 aromatic rings. The standard InChI is InChI=1S/C16H29ClN4O.HI/c1-6-16(22,7-2)12-19-15(18-8-3)21(5)11-14-9-13(17)10-20(14)4;/h9-10,22H,6-8,11-12H2,1-5H3,(H,18,19);1H. The molecule has 0 unspecified atom stereocenters. The molecule has 0 aromatic carbocycles. The van der Waals surface area contributed by atoms with Crippen LogP contribution in [0.15, 0.2) is 17.3 Å². The summed E-state index contributed by atoms with van der Waals surface area (Å²) in [4.78, 5) is 6.64. The Morgan fingerprint density at radius 1 is 1.39 bits per heavy atom. The predicted molar refractivity (Wildman–Crippen MR) is 109 cm³/mol. The van der Waals surface area contributed by atoms with Crippen molar-refractivity contribution in [2.45, 2.75) is 45.8 Å². The van der Waals surface area contributed by atoms with Crippen LogP contribution in [0.4, 0.5) is 0 Å². The van der Waals surface area contributed by atoms with E-state index < -0.39 is 5.60 Å². The van der Waals surface area contributed by atoms with Crippen LogP contribution in [0.5, 0.6) is 0 Å². The lowest BCUT2D eigenvalue weighted by Gasteiger charge is -2.26. The molecule has 23 heavy (non-hydrogen) atoms. The summed E-state index contributed by atoms with van der Waals surface area (Å²) in [6, 6.07) is 1.95. The molecule has 1 heterocycles.